The van der Waals surface area contributed by atoms with Crippen molar-refractivity contribution in [3.05, 3.63) is 58.2 Å². The molecule has 3 N–H and O–H groups in total. The van der Waals surface area contributed by atoms with E-state index in [2.05, 4.69) is 10.3 Å². The van der Waals surface area contributed by atoms with Gasteiger partial charge in [-0.05, 0) is 23.3 Å². The van der Waals surface area contributed by atoms with Crippen LogP contribution >= 0.6 is 11.6 Å². The molecule has 0 aliphatic carbocycles. The number of nitrogens with zero attached hydrogens (tertiary/aromatic N) is 2. The van der Waals surface area contributed by atoms with E-state index in [0.29, 0.717) is 29.6 Å². The van der Waals surface area contributed by atoms with E-state index >= 15 is 0 Å². The lowest BCUT2D eigenvalue weighted by Crippen LogP contribution is -2.23. The third-order valence-electron chi connectivity index (χ3n) is 3.18. The molecule has 5 nitrogen and oxygen atoms in total. The first-order chi connectivity index (χ1) is 10.5. The molecule has 0 bridgehead atoms. The monoisotopic (exact) mass is 318 g/mol. The molecule has 1 amide bonds. The third-order valence-corrected chi connectivity index (χ3v) is 3.37. The van der Waals surface area contributed by atoms with Crippen molar-refractivity contribution >= 4 is 23.3 Å². The summed E-state index contributed by atoms with van der Waals surface area (Å²) in [5.74, 6) is 0.452. The average Bonchev–Trinajstić information content (AvgIpc) is 2.52. The van der Waals surface area contributed by atoms with Gasteiger partial charge in [-0.25, -0.2) is 4.98 Å². The van der Waals surface area contributed by atoms with Gasteiger partial charge in [-0.3, -0.25) is 4.79 Å². The Morgan fingerprint density at radius 3 is 2.68 bits per heavy atom. The van der Waals surface area contributed by atoms with Gasteiger partial charge in [-0.15, -0.1) is 0 Å². The van der Waals surface area contributed by atoms with E-state index in [1.54, 1.807) is 17.0 Å². The van der Waals surface area contributed by atoms with Crippen molar-refractivity contribution in [2.24, 2.45) is 5.73 Å². The molecule has 22 heavy (non-hydrogen) atoms. The number of amides is 1. The number of carbonyl (C=O) groups is 1. The smallest absolute Gasteiger partial charge is 0.251 e. The van der Waals surface area contributed by atoms with Crippen LogP contribution in [0.3, 0.4) is 0 Å². The maximum absolute atomic E-state index is 12.3. The van der Waals surface area contributed by atoms with Gasteiger partial charge in [0.05, 0.1) is 0 Å². The number of aromatic nitrogens is 1. The minimum atomic E-state index is -0.189. The van der Waals surface area contributed by atoms with E-state index in [9.17, 15) is 4.79 Å². The molecule has 6 heteroatoms. The summed E-state index contributed by atoms with van der Waals surface area (Å²) in [6, 6.07) is 11.1. The number of benzene rings is 1. The van der Waals surface area contributed by atoms with Gasteiger partial charge >= 0.3 is 0 Å². The molecule has 2 aromatic rings. The molecule has 116 valence electrons. The highest BCUT2D eigenvalue weighted by atomic mass is 35.5. The second-order valence-corrected chi connectivity index (χ2v) is 5.53. The Hall–Kier alpha value is -2.11. The summed E-state index contributed by atoms with van der Waals surface area (Å²) in [7, 11) is 3.69. The van der Waals surface area contributed by atoms with Crippen molar-refractivity contribution in [3.63, 3.8) is 0 Å². The minimum Gasteiger partial charge on any atom is -0.363 e. The van der Waals surface area contributed by atoms with E-state index in [1.807, 2.05) is 38.4 Å². The van der Waals surface area contributed by atoms with Crippen LogP contribution in [-0.2, 0) is 13.1 Å². The van der Waals surface area contributed by atoms with Crippen molar-refractivity contribution in [3.8, 4) is 0 Å². The molecule has 0 saturated heterocycles. The number of nitrogens with one attached hydrogen (secondary N) is 1. The average molecular weight is 319 g/mol. The molecule has 2 rings (SSSR count). The van der Waals surface area contributed by atoms with Gasteiger partial charge < -0.3 is 16.0 Å². The van der Waals surface area contributed by atoms with Crippen LogP contribution in [0.2, 0.25) is 5.15 Å². The van der Waals surface area contributed by atoms with Gasteiger partial charge in [0.25, 0.3) is 5.91 Å². The first-order valence-electron chi connectivity index (χ1n) is 6.90. The Kier molecular flexibility index (Phi) is 5.35. The van der Waals surface area contributed by atoms with Crippen LogP contribution in [0.1, 0.15) is 21.5 Å². The van der Waals surface area contributed by atoms with Crippen LogP contribution in [0.25, 0.3) is 0 Å². The van der Waals surface area contributed by atoms with E-state index < -0.39 is 0 Å². The molecule has 0 unspecified atom stereocenters. The third kappa shape index (κ3) is 4.19. The van der Waals surface area contributed by atoms with Crippen LogP contribution in [0.15, 0.2) is 36.4 Å². The summed E-state index contributed by atoms with van der Waals surface area (Å²) in [5.41, 5.74) is 8.14. The molecule has 1 aromatic carbocycles. The van der Waals surface area contributed by atoms with Crippen molar-refractivity contribution in [2.75, 3.05) is 19.0 Å². The van der Waals surface area contributed by atoms with Crippen LogP contribution in [-0.4, -0.2) is 25.0 Å². The zero-order chi connectivity index (χ0) is 16.1. The van der Waals surface area contributed by atoms with E-state index in [1.165, 1.54) is 0 Å². The second-order valence-electron chi connectivity index (χ2n) is 5.14. The Morgan fingerprint density at radius 2 is 2.00 bits per heavy atom. The molecule has 0 aliphatic rings. The Balaban J connectivity index is 2.09. The second kappa shape index (κ2) is 7.24. The first-order valence-corrected chi connectivity index (χ1v) is 7.28. The Bertz CT molecular complexity index is 673. The van der Waals surface area contributed by atoms with Crippen molar-refractivity contribution in [1.82, 2.24) is 10.3 Å². The highest BCUT2D eigenvalue weighted by Crippen LogP contribution is 2.16. The lowest BCUT2D eigenvalue weighted by atomic mass is 10.1. The molecule has 0 atom stereocenters. The van der Waals surface area contributed by atoms with Gasteiger partial charge in [0.15, 0.2) is 0 Å². The zero-order valence-corrected chi connectivity index (χ0v) is 13.4. The summed E-state index contributed by atoms with van der Waals surface area (Å²) in [5, 5.41) is 3.17. The predicted octanol–water partition coefficient (Wildman–Crippen LogP) is 2.19. The predicted molar refractivity (Wildman–Crippen MR) is 89.1 cm³/mol. The summed E-state index contributed by atoms with van der Waals surface area (Å²) in [6.45, 7) is 0.915. The minimum absolute atomic E-state index is 0.189. The van der Waals surface area contributed by atoms with Gasteiger partial charge in [-0.2, -0.15) is 0 Å². The first kappa shape index (κ1) is 16.3. The summed E-state index contributed by atoms with van der Waals surface area (Å²) in [6.07, 6.45) is 0. The maximum atomic E-state index is 12.3. The number of halogens is 1. The fourth-order valence-corrected chi connectivity index (χ4v) is 2.20. The number of nitrogens with two attached hydrogens (primary N) is 1. The van der Waals surface area contributed by atoms with Crippen LogP contribution in [0.5, 0.6) is 0 Å². The quantitative estimate of drug-likeness (QED) is 0.829. The highest BCUT2D eigenvalue weighted by Gasteiger charge is 2.10. The molecule has 0 spiro atoms. The van der Waals surface area contributed by atoms with Gasteiger partial charge in [0.1, 0.15) is 11.0 Å². The lowest BCUT2D eigenvalue weighted by molar-refractivity contribution is 0.0951. The Morgan fingerprint density at radius 1 is 1.27 bits per heavy atom. The molecule has 1 heterocycles. The van der Waals surface area contributed by atoms with Crippen LogP contribution in [0, 0.1) is 0 Å². The van der Waals surface area contributed by atoms with E-state index in [-0.39, 0.29) is 5.91 Å². The van der Waals surface area contributed by atoms with Crippen molar-refractivity contribution in [1.29, 1.82) is 0 Å². The molecule has 0 fully saturated rings. The fraction of sp³-hybridized carbons (Fsp3) is 0.250. The number of carbonyl (C=O) groups excluding carboxylic acids is 1. The Labute approximate surface area is 135 Å². The molecule has 1 aromatic heterocycles. The zero-order valence-electron chi connectivity index (χ0n) is 12.6. The summed E-state index contributed by atoms with van der Waals surface area (Å²) >= 11 is 5.96. The SMILES string of the molecule is CN(C)c1cc(C(=O)NCc2cccc(CN)c2)cc(Cl)n1. The van der Waals surface area contributed by atoms with Crippen LogP contribution in [0.4, 0.5) is 5.82 Å². The van der Waals surface area contributed by atoms with Gasteiger partial charge in [0.2, 0.25) is 0 Å². The van der Waals surface area contributed by atoms with Crippen LogP contribution < -0.4 is 16.0 Å². The largest absolute Gasteiger partial charge is 0.363 e. The molecular weight excluding hydrogens is 300 g/mol. The number of hydrogen-bond acceptors (Lipinski definition) is 4. The van der Waals surface area contributed by atoms with E-state index in [4.69, 9.17) is 17.3 Å². The topological polar surface area (TPSA) is 71.2 Å². The van der Waals surface area contributed by atoms with Gasteiger partial charge in [-0.1, -0.05) is 35.9 Å². The number of hydrogen-bond donors (Lipinski definition) is 2. The van der Waals surface area contributed by atoms with Gasteiger partial charge in [0, 0.05) is 32.7 Å². The molecule has 0 radical (unpaired) electrons. The number of anilines is 1. The number of rotatable bonds is 5. The molecular formula is C16H19ClN4O. The number of pyridine rings is 1. The molecule has 0 aliphatic heterocycles. The highest BCUT2D eigenvalue weighted by molar-refractivity contribution is 6.29. The maximum Gasteiger partial charge on any atom is 0.251 e. The standard InChI is InChI=1S/C16H19ClN4O/c1-21(2)15-8-13(7-14(17)20-15)16(22)19-10-12-5-3-4-11(6-12)9-18/h3-8H,9-10,18H2,1-2H3,(H,19,22). The van der Waals surface area contributed by atoms with E-state index in [0.717, 1.165) is 11.1 Å². The summed E-state index contributed by atoms with van der Waals surface area (Å²) < 4.78 is 0. The molecule has 0 saturated carbocycles. The van der Waals surface area contributed by atoms with Crippen molar-refractivity contribution in [2.45, 2.75) is 13.1 Å². The summed E-state index contributed by atoms with van der Waals surface area (Å²) in [4.78, 5) is 18.2. The lowest BCUT2D eigenvalue weighted by Gasteiger charge is -2.13. The normalized spacial score (nSPS) is 10.4. The fourth-order valence-electron chi connectivity index (χ4n) is 1.99. The van der Waals surface area contributed by atoms with Crippen molar-refractivity contribution < 1.29 is 4.79 Å².